The molecule has 1 aliphatic carbocycles. The van der Waals surface area contributed by atoms with E-state index < -0.39 is 0 Å². The highest BCUT2D eigenvalue weighted by Gasteiger charge is 2.18. The predicted octanol–water partition coefficient (Wildman–Crippen LogP) is 3.18. The molecule has 1 saturated carbocycles. The fourth-order valence-electron chi connectivity index (χ4n) is 3.30. The maximum Gasteiger partial charge on any atom is 0.0708 e. The first-order valence-corrected chi connectivity index (χ1v) is 7.96. The molecule has 0 aliphatic heterocycles. The second-order valence-electron chi connectivity index (χ2n) is 6.25. The first-order valence-electron chi connectivity index (χ1n) is 7.96. The van der Waals surface area contributed by atoms with E-state index in [-0.39, 0.29) is 6.10 Å². The maximum atomic E-state index is 9.55. The van der Waals surface area contributed by atoms with E-state index in [4.69, 9.17) is 0 Å². The average molecular weight is 284 g/mol. The van der Waals surface area contributed by atoms with Crippen LogP contribution in [0.15, 0.2) is 30.3 Å². The molecule has 3 heteroatoms. The third kappa shape index (κ3) is 3.60. The van der Waals surface area contributed by atoms with Gasteiger partial charge in [0, 0.05) is 17.6 Å². The van der Waals surface area contributed by atoms with Crippen LogP contribution in [0.1, 0.15) is 36.9 Å². The van der Waals surface area contributed by atoms with Crippen LogP contribution < -0.4 is 5.32 Å². The molecule has 0 radical (unpaired) electrons. The summed E-state index contributed by atoms with van der Waals surface area (Å²) in [5, 5.41) is 14.4. The molecule has 1 aliphatic rings. The van der Waals surface area contributed by atoms with Crippen molar-refractivity contribution < 1.29 is 5.11 Å². The quantitative estimate of drug-likeness (QED) is 0.906. The molecule has 0 atom stereocenters. The molecule has 1 heterocycles. The van der Waals surface area contributed by atoms with Crippen LogP contribution in [0.25, 0.3) is 10.9 Å². The normalized spacial score (nSPS) is 22.6. The van der Waals surface area contributed by atoms with Crippen molar-refractivity contribution in [2.45, 2.75) is 45.3 Å². The van der Waals surface area contributed by atoms with Crippen molar-refractivity contribution in [2.75, 3.05) is 6.54 Å². The van der Waals surface area contributed by atoms with Gasteiger partial charge in [0.25, 0.3) is 0 Å². The molecule has 3 rings (SSSR count). The number of aryl methyl sites for hydroxylation is 1. The number of fused-ring (bicyclic) bond motifs is 1. The second kappa shape index (κ2) is 6.54. The van der Waals surface area contributed by atoms with E-state index in [2.05, 4.69) is 41.5 Å². The van der Waals surface area contributed by atoms with E-state index in [9.17, 15) is 5.11 Å². The molecule has 1 fully saturated rings. The summed E-state index contributed by atoms with van der Waals surface area (Å²) in [5.41, 5.74) is 3.48. The number of hydrogen-bond acceptors (Lipinski definition) is 3. The van der Waals surface area contributed by atoms with Crippen molar-refractivity contribution in [1.82, 2.24) is 10.3 Å². The van der Waals surface area contributed by atoms with Gasteiger partial charge in [-0.25, -0.2) is 0 Å². The number of para-hydroxylation sites is 1. The van der Waals surface area contributed by atoms with E-state index in [0.717, 1.165) is 50.0 Å². The van der Waals surface area contributed by atoms with E-state index in [1.165, 1.54) is 10.9 Å². The number of rotatable bonds is 4. The van der Waals surface area contributed by atoms with Gasteiger partial charge in [0.1, 0.15) is 0 Å². The van der Waals surface area contributed by atoms with Crippen LogP contribution in [-0.2, 0) is 6.54 Å². The maximum absolute atomic E-state index is 9.55. The molecule has 0 amide bonds. The number of aliphatic hydroxyl groups excluding tert-OH is 1. The number of benzene rings is 1. The van der Waals surface area contributed by atoms with Gasteiger partial charge in [0.2, 0.25) is 0 Å². The third-order valence-electron chi connectivity index (χ3n) is 4.49. The Bertz CT molecular complexity index is 603. The molecule has 1 aromatic heterocycles. The number of pyridine rings is 1. The highest BCUT2D eigenvalue weighted by molar-refractivity contribution is 5.82. The molecule has 2 N–H and O–H groups in total. The third-order valence-corrected chi connectivity index (χ3v) is 4.49. The first-order chi connectivity index (χ1) is 10.2. The highest BCUT2D eigenvalue weighted by Crippen LogP contribution is 2.24. The molecule has 0 spiro atoms. The predicted molar refractivity (Wildman–Crippen MR) is 86.2 cm³/mol. The number of aromatic nitrogens is 1. The Labute approximate surface area is 126 Å². The Balaban J connectivity index is 1.63. The minimum absolute atomic E-state index is 0.0620. The largest absolute Gasteiger partial charge is 0.393 e. The van der Waals surface area contributed by atoms with Crippen LogP contribution >= 0.6 is 0 Å². The van der Waals surface area contributed by atoms with Crippen LogP contribution in [-0.4, -0.2) is 22.7 Å². The molecular weight excluding hydrogens is 260 g/mol. The Morgan fingerprint density at radius 3 is 2.76 bits per heavy atom. The summed E-state index contributed by atoms with van der Waals surface area (Å²) in [5.74, 6) is 0.711. The van der Waals surface area contributed by atoms with Crippen LogP contribution in [0.3, 0.4) is 0 Å². The Kier molecular flexibility index (Phi) is 4.51. The Morgan fingerprint density at radius 2 is 1.95 bits per heavy atom. The summed E-state index contributed by atoms with van der Waals surface area (Å²) in [6.07, 6.45) is 4.15. The average Bonchev–Trinajstić information content (AvgIpc) is 2.49. The van der Waals surface area contributed by atoms with Crippen molar-refractivity contribution in [3.05, 3.63) is 41.6 Å². The highest BCUT2D eigenvalue weighted by atomic mass is 16.3. The van der Waals surface area contributed by atoms with Crippen molar-refractivity contribution in [2.24, 2.45) is 5.92 Å². The fraction of sp³-hybridized carbons (Fsp3) is 0.500. The zero-order valence-corrected chi connectivity index (χ0v) is 12.7. The lowest BCUT2D eigenvalue weighted by Gasteiger charge is -2.25. The minimum atomic E-state index is -0.0620. The van der Waals surface area contributed by atoms with Crippen LogP contribution in [0.4, 0.5) is 0 Å². The molecule has 112 valence electrons. The molecule has 2 aromatic rings. The van der Waals surface area contributed by atoms with Gasteiger partial charge in [0.05, 0.1) is 11.6 Å². The van der Waals surface area contributed by atoms with Gasteiger partial charge in [0.15, 0.2) is 0 Å². The van der Waals surface area contributed by atoms with Crippen molar-refractivity contribution in [3.63, 3.8) is 0 Å². The Morgan fingerprint density at radius 1 is 1.19 bits per heavy atom. The van der Waals surface area contributed by atoms with Gasteiger partial charge in [-0.2, -0.15) is 0 Å². The van der Waals surface area contributed by atoms with E-state index in [1.54, 1.807) is 0 Å². The van der Waals surface area contributed by atoms with Gasteiger partial charge in [-0.1, -0.05) is 18.2 Å². The van der Waals surface area contributed by atoms with Crippen LogP contribution in [0.5, 0.6) is 0 Å². The number of aliphatic hydroxyl groups is 1. The summed E-state index contributed by atoms with van der Waals surface area (Å²) >= 11 is 0. The number of nitrogens with zero attached hydrogens (tertiary/aromatic N) is 1. The van der Waals surface area contributed by atoms with Crippen molar-refractivity contribution in [1.29, 1.82) is 0 Å². The lowest BCUT2D eigenvalue weighted by molar-refractivity contribution is 0.108. The van der Waals surface area contributed by atoms with E-state index in [0.29, 0.717) is 5.92 Å². The second-order valence-corrected chi connectivity index (χ2v) is 6.25. The van der Waals surface area contributed by atoms with Crippen LogP contribution in [0, 0.1) is 12.8 Å². The molecule has 0 unspecified atom stereocenters. The van der Waals surface area contributed by atoms with Gasteiger partial charge in [-0.05, 0) is 62.8 Å². The Hall–Kier alpha value is -1.45. The summed E-state index contributed by atoms with van der Waals surface area (Å²) in [6.45, 7) is 3.99. The zero-order chi connectivity index (χ0) is 14.7. The van der Waals surface area contributed by atoms with E-state index in [1.807, 2.05) is 6.07 Å². The molecule has 0 bridgehead atoms. The standard InChI is InChI=1S/C18H24N2O/c1-13-10-15(17-4-2-3-5-18(17)20-13)12-19-11-14-6-8-16(21)9-7-14/h2-5,10,14,16,19,21H,6-9,11-12H2,1H3. The summed E-state index contributed by atoms with van der Waals surface area (Å²) < 4.78 is 0. The zero-order valence-electron chi connectivity index (χ0n) is 12.7. The topological polar surface area (TPSA) is 45.1 Å². The lowest BCUT2D eigenvalue weighted by atomic mass is 9.87. The van der Waals surface area contributed by atoms with Gasteiger partial charge in [-0.15, -0.1) is 0 Å². The number of nitrogens with one attached hydrogen (secondary N) is 1. The molecule has 21 heavy (non-hydrogen) atoms. The molecular formula is C18H24N2O. The summed E-state index contributed by atoms with van der Waals surface area (Å²) in [6, 6.07) is 10.5. The van der Waals surface area contributed by atoms with Crippen LogP contribution in [0.2, 0.25) is 0 Å². The molecule has 0 saturated heterocycles. The fourth-order valence-corrected chi connectivity index (χ4v) is 3.30. The molecule has 3 nitrogen and oxygen atoms in total. The van der Waals surface area contributed by atoms with Gasteiger partial charge < -0.3 is 10.4 Å². The van der Waals surface area contributed by atoms with Crippen molar-refractivity contribution >= 4 is 10.9 Å². The van der Waals surface area contributed by atoms with Gasteiger partial charge in [-0.3, -0.25) is 4.98 Å². The summed E-state index contributed by atoms with van der Waals surface area (Å²) in [4.78, 5) is 4.59. The van der Waals surface area contributed by atoms with Crippen molar-refractivity contribution in [3.8, 4) is 0 Å². The smallest absolute Gasteiger partial charge is 0.0708 e. The van der Waals surface area contributed by atoms with E-state index >= 15 is 0 Å². The summed E-state index contributed by atoms with van der Waals surface area (Å²) in [7, 11) is 0. The minimum Gasteiger partial charge on any atom is -0.393 e. The SMILES string of the molecule is Cc1cc(CNCC2CCC(O)CC2)c2ccccc2n1. The molecule has 1 aromatic carbocycles. The lowest BCUT2D eigenvalue weighted by Crippen LogP contribution is -2.27. The van der Waals surface area contributed by atoms with Gasteiger partial charge >= 0.3 is 0 Å². The number of hydrogen-bond donors (Lipinski definition) is 2. The monoisotopic (exact) mass is 284 g/mol. The first kappa shape index (κ1) is 14.5.